The molecule has 1 aliphatic heterocycles. The highest BCUT2D eigenvalue weighted by Crippen LogP contribution is 2.36. The number of anilines is 1. The van der Waals surface area contributed by atoms with Crippen LogP contribution in [0.3, 0.4) is 0 Å². The third kappa shape index (κ3) is 3.73. The summed E-state index contributed by atoms with van der Waals surface area (Å²) in [5, 5.41) is 6.44. The van der Waals surface area contributed by atoms with Gasteiger partial charge in [-0.05, 0) is 30.5 Å². The Morgan fingerprint density at radius 2 is 2.00 bits per heavy atom. The van der Waals surface area contributed by atoms with Crippen molar-refractivity contribution < 1.29 is 9.53 Å². The van der Waals surface area contributed by atoms with E-state index in [1.165, 1.54) is 0 Å². The van der Waals surface area contributed by atoms with Crippen molar-refractivity contribution in [2.75, 3.05) is 32.1 Å². The second kappa shape index (κ2) is 7.92. The third-order valence-corrected chi connectivity index (χ3v) is 5.75. The number of amides is 1. The molecule has 0 spiro atoms. The number of ether oxygens (including phenoxy) is 1. The molecule has 0 bridgehead atoms. The molecule has 1 aliphatic rings. The highest BCUT2D eigenvalue weighted by atomic mass is 32.1. The van der Waals surface area contributed by atoms with E-state index >= 15 is 0 Å². The number of nitrogens with one attached hydrogen (secondary N) is 1. The summed E-state index contributed by atoms with van der Waals surface area (Å²) >= 11 is 1.60. The third-order valence-electron chi connectivity index (χ3n) is 4.86. The Kier molecular flexibility index (Phi) is 5.20. The van der Waals surface area contributed by atoms with Crippen molar-refractivity contribution in [2.24, 2.45) is 0 Å². The number of rotatable bonds is 6. The lowest BCUT2D eigenvalue weighted by molar-refractivity contribution is -0.129. The zero-order chi connectivity index (χ0) is 18.6. The average molecular weight is 382 g/mol. The van der Waals surface area contributed by atoms with Crippen molar-refractivity contribution in [1.82, 2.24) is 14.9 Å². The minimum Gasteiger partial charge on any atom is -0.497 e. The fourth-order valence-electron chi connectivity index (χ4n) is 3.40. The second-order valence-electron chi connectivity index (χ2n) is 6.54. The summed E-state index contributed by atoms with van der Waals surface area (Å²) in [4.78, 5) is 23.9. The Morgan fingerprint density at radius 1 is 1.22 bits per heavy atom. The van der Waals surface area contributed by atoms with Crippen molar-refractivity contribution in [3.05, 3.63) is 36.0 Å². The first kappa shape index (κ1) is 17.7. The standard InChI is InChI=1S/C20H22N4O2S/c1-26-15-6-4-14(5-7-15)16-12-27-20-18(16)19(22-13-23-20)21-9-8-17(25)24-10-2-3-11-24/h4-7,12-13H,2-3,8-11H2,1H3,(H,21,22,23). The first-order chi connectivity index (χ1) is 13.3. The van der Waals surface area contributed by atoms with E-state index < -0.39 is 0 Å². The molecular formula is C20H22N4O2S. The number of methoxy groups -OCH3 is 1. The number of thiophene rings is 1. The molecule has 1 fully saturated rings. The zero-order valence-electron chi connectivity index (χ0n) is 15.3. The monoisotopic (exact) mass is 382 g/mol. The predicted octanol–water partition coefficient (Wildman–Crippen LogP) is 3.79. The van der Waals surface area contributed by atoms with Gasteiger partial charge in [0.1, 0.15) is 22.7 Å². The topological polar surface area (TPSA) is 67.4 Å². The van der Waals surface area contributed by atoms with Gasteiger partial charge < -0.3 is 15.0 Å². The number of fused-ring (bicyclic) bond motifs is 1. The molecule has 1 saturated heterocycles. The molecule has 0 unspecified atom stereocenters. The minimum absolute atomic E-state index is 0.214. The highest BCUT2D eigenvalue weighted by molar-refractivity contribution is 7.17. The van der Waals surface area contributed by atoms with Gasteiger partial charge in [-0.1, -0.05) is 12.1 Å². The van der Waals surface area contributed by atoms with Crippen LogP contribution in [0.2, 0.25) is 0 Å². The van der Waals surface area contributed by atoms with E-state index in [1.807, 2.05) is 29.2 Å². The van der Waals surface area contributed by atoms with Crippen molar-refractivity contribution in [1.29, 1.82) is 0 Å². The van der Waals surface area contributed by atoms with Gasteiger partial charge in [0.2, 0.25) is 5.91 Å². The molecule has 1 aromatic carbocycles. The number of aromatic nitrogens is 2. The van der Waals surface area contributed by atoms with Gasteiger partial charge >= 0.3 is 0 Å². The van der Waals surface area contributed by atoms with Crippen LogP contribution in [0.4, 0.5) is 5.82 Å². The summed E-state index contributed by atoms with van der Waals surface area (Å²) < 4.78 is 5.25. The average Bonchev–Trinajstić information content (AvgIpc) is 3.38. The molecule has 0 radical (unpaired) electrons. The van der Waals surface area contributed by atoms with Gasteiger partial charge in [-0.2, -0.15) is 0 Å². The number of nitrogens with zero attached hydrogens (tertiary/aromatic N) is 3. The Labute approximate surface area is 162 Å². The van der Waals surface area contributed by atoms with E-state index in [-0.39, 0.29) is 5.91 Å². The Balaban J connectivity index is 1.53. The summed E-state index contributed by atoms with van der Waals surface area (Å²) in [6.07, 6.45) is 4.28. The molecule has 0 saturated carbocycles. The van der Waals surface area contributed by atoms with Crippen molar-refractivity contribution in [3.63, 3.8) is 0 Å². The minimum atomic E-state index is 0.214. The van der Waals surface area contributed by atoms with Crippen LogP contribution in [-0.2, 0) is 4.79 Å². The lowest BCUT2D eigenvalue weighted by Gasteiger charge is -2.15. The van der Waals surface area contributed by atoms with Crippen LogP contribution >= 0.6 is 11.3 Å². The van der Waals surface area contributed by atoms with Crippen molar-refractivity contribution >= 4 is 33.3 Å². The molecule has 3 heterocycles. The summed E-state index contributed by atoms with van der Waals surface area (Å²) in [7, 11) is 1.66. The molecule has 1 N–H and O–H groups in total. The van der Waals surface area contributed by atoms with Crippen LogP contribution in [0, 0.1) is 0 Å². The number of hydrogen-bond donors (Lipinski definition) is 1. The van der Waals surface area contributed by atoms with Gasteiger partial charge in [0, 0.05) is 37.0 Å². The Hall–Kier alpha value is -2.67. The molecule has 140 valence electrons. The van der Waals surface area contributed by atoms with Gasteiger partial charge in [-0.3, -0.25) is 4.79 Å². The van der Waals surface area contributed by atoms with Crippen LogP contribution in [0.25, 0.3) is 21.3 Å². The van der Waals surface area contributed by atoms with E-state index in [4.69, 9.17) is 4.74 Å². The molecule has 3 aromatic rings. The molecule has 0 aliphatic carbocycles. The molecule has 27 heavy (non-hydrogen) atoms. The SMILES string of the molecule is COc1ccc(-c2csc3ncnc(NCCC(=O)N4CCCC4)c23)cc1. The Bertz CT molecular complexity index is 933. The summed E-state index contributed by atoms with van der Waals surface area (Å²) in [6.45, 7) is 2.35. The van der Waals surface area contributed by atoms with Crippen molar-refractivity contribution in [3.8, 4) is 16.9 Å². The van der Waals surface area contributed by atoms with Gasteiger partial charge in [0.05, 0.1) is 12.5 Å². The number of benzene rings is 1. The molecule has 4 rings (SSSR count). The maximum atomic E-state index is 12.2. The second-order valence-corrected chi connectivity index (χ2v) is 7.40. The molecule has 7 heteroatoms. The lowest BCUT2D eigenvalue weighted by atomic mass is 10.1. The quantitative estimate of drug-likeness (QED) is 0.702. The molecule has 1 amide bonds. The maximum Gasteiger partial charge on any atom is 0.224 e. The fourth-order valence-corrected chi connectivity index (χ4v) is 4.32. The number of hydrogen-bond acceptors (Lipinski definition) is 6. The summed E-state index contributed by atoms with van der Waals surface area (Å²) in [5.41, 5.74) is 2.18. The summed E-state index contributed by atoms with van der Waals surface area (Å²) in [5.74, 6) is 1.82. The van der Waals surface area contributed by atoms with Crippen molar-refractivity contribution in [2.45, 2.75) is 19.3 Å². The van der Waals surface area contributed by atoms with Gasteiger partial charge in [-0.25, -0.2) is 9.97 Å². The lowest BCUT2D eigenvalue weighted by Crippen LogP contribution is -2.29. The van der Waals surface area contributed by atoms with Gasteiger partial charge in [0.15, 0.2) is 0 Å². The molecule has 6 nitrogen and oxygen atoms in total. The van der Waals surface area contributed by atoms with Crippen LogP contribution in [0.5, 0.6) is 5.75 Å². The number of carbonyl (C=O) groups excluding carboxylic acids is 1. The van der Waals surface area contributed by atoms with Crippen LogP contribution < -0.4 is 10.1 Å². The predicted molar refractivity (Wildman–Crippen MR) is 108 cm³/mol. The first-order valence-electron chi connectivity index (χ1n) is 9.14. The smallest absolute Gasteiger partial charge is 0.224 e. The van der Waals surface area contributed by atoms with E-state index in [0.717, 1.165) is 58.8 Å². The van der Waals surface area contributed by atoms with Crippen LogP contribution in [0.15, 0.2) is 36.0 Å². The molecule has 2 aromatic heterocycles. The van der Waals surface area contributed by atoms with E-state index in [9.17, 15) is 4.79 Å². The van der Waals surface area contributed by atoms with Gasteiger partial charge in [-0.15, -0.1) is 11.3 Å². The fraction of sp³-hybridized carbons (Fsp3) is 0.350. The van der Waals surface area contributed by atoms with E-state index in [2.05, 4.69) is 20.7 Å². The highest BCUT2D eigenvalue weighted by Gasteiger charge is 2.18. The molecule has 0 atom stereocenters. The Morgan fingerprint density at radius 3 is 2.74 bits per heavy atom. The summed E-state index contributed by atoms with van der Waals surface area (Å²) in [6, 6.07) is 7.97. The molecular weight excluding hydrogens is 360 g/mol. The van der Waals surface area contributed by atoms with Crippen LogP contribution in [-0.4, -0.2) is 47.5 Å². The first-order valence-corrected chi connectivity index (χ1v) is 10.0. The van der Waals surface area contributed by atoms with Crippen LogP contribution in [0.1, 0.15) is 19.3 Å². The van der Waals surface area contributed by atoms with E-state index in [0.29, 0.717) is 13.0 Å². The van der Waals surface area contributed by atoms with E-state index in [1.54, 1.807) is 24.8 Å². The zero-order valence-corrected chi connectivity index (χ0v) is 16.1. The largest absolute Gasteiger partial charge is 0.497 e. The number of carbonyl (C=O) groups is 1. The maximum absolute atomic E-state index is 12.2. The number of likely N-dealkylation sites (tertiary alicyclic amines) is 1. The normalized spacial score (nSPS) is 13.9. The van der Waals surface area contributed by atoms with Gasteiger partial charge in [0.25, 0.3) is 0 Å².